The lowest BCUT2D eigenvalue weighted by Crippen LogP contribution is -2.04. The second-order valence-corrected chi connectivity index (χ2v) is 6.37. The molecule has 0 spiro atoms. The molecule has 0 aliphatic carbocycles. The van der Waals surface area contributed by atoms with Crippen molar-refractivity contribution in [3.63, 3.8) is 0 Å². The van der Waals surface area contributed by atoms with Crippen LogP contribution in [0.25, 0.3) is 0 Å². The molecule has 0 radical (unpaired) electrons. The van der Waals surface area contributed by atoms with Crippen molar-refractivity contribution in [2.45, 2.75) is 29.7 Å². The molecule has 2 N–H and O–H groups in total. The third-order valence-corrected chi connectivity index (χ3v) is 4.68. The first-order chi connectivity index (χ1) is 8.56. The van der Waals surface area contributed by atoms with E-state index >= 15 is 0 Å². The van der Waals surface area contributed by atoms with E-state index in [1.54, 1.807) is 11.8 Å². The molecule has 0 unspecified atom stereocenters. The van der Waals surface area contributed by atoms with E-state index in [2.05, 4.69) is 65.3 Å². The van der Waals surface area contributed by atoms with Crippen LogP contribution in [0.3, 0.4) is 0 Å². The molecule has 0 fully saturated rings. The smallest absolute Gasteiger partial charge is 0.0318 e. The summed E-state index contributed by atoms with van der Waals surface area (Å²) in [4.78, 5) is 2.47. The minimum absolute atomic E-state index is 0.0688. The molecule has 1 atom stereocenters. The highest BCUT2D eigenvalue weighted by molar-refractivity contribution is 9.10. The Morgan fingerprint density at radius 2 is 1.94 bits per heavy atom. The summed E-state index contributed by atoms with van der Waals surface area (Å²) in [6.45, 7) is 4.10. The second-order valence-electron chi connectivity index (χ2n) is 4.40. The van der Waals surface area contributed by atoms with Crippen LogP contribution in [0.2, 0.25) is 0 Å². The van der Waals surface area contributed by atoms with E-state index in [9.17, 15) is 0 Å². The first-order valence-corrected chi connectivity index (χ1v) is 7.47. The Bertz CT molecular complexity index is 552. The van der Waals surface area contributed by atoms with E-state index in [0.717, 1.165) is 10.0 Å². The molecule has 0 saturated carbocycles. The van der Waals surface area contributed by atoms with Gasteiger partial charge in [-0.15, -0.1) is 0 Å². The minimum Gasteiger partial charge on any atom is -0.324 e. The van der Waals surface area contributed by atoms with Gasteiger partial charge in [-0.25, -0.2) is 0 Å². The van der Waals surface area contributed by atoms with Crippen molar-refractivity contribution < 1.29 is 0 Å². The zero-order chi connectivity index (χ0) is 13.1. The lowest BCUT2D eigenvalue weighted by Gasteiger charge is -2.10. The Morgan fingerprint density at radius 1 is 1.17 bits per heavy atom. The van der Waals surface area contributed by atoms with Gasteiger partial charge in [0.15, 0.2) is 0 Å². The van der Waals surface area contributed by atoms with E-state index < -0.39 is 0 Å². The first kappa shape index (κ1) is 13.7. The molecule has 0 heterocycles. The monoisotopic (exact) mass is 321 g/mol. The molecule has 3 heteroatoms. The van der Waals surface area contributed by atoms with Crippen LogP contribution in [0.4, 0.5) is 0 Å². The van der Waals surface area contributed by atoms with Crippen molar-refractivity contribution in [1.82, 2.24) is 0 Å². The molecule has 2 aromatic rings. The molecule has 0 amide bonds. The minimum atomic E-state index is 0.0688. The fraction of sp³-hybridized carbons (Fsp3) is 0.200. The number of hydrogen-bond donors (Lipinski definition) is 1. The molecule has 0 aliphatic rings. The molecule has 18 heavy (non-hydrogen) atoms. The van der Waals surface area contributed by atoms with Crippen LogP contribution in [0.1, 0.15) is 24.1 Å². The zero-order valence-electron chi connectivity index (χ0n) is 10.5. The molecule has 0 saturated heterocycles. The zero-order valence-corrected chi connectivity index (χ0v) is 12.9. The Labute approximate surface area is 121 Å². The van der Waals surface area contributed by atoms with Crippen molar-refractivity contribution in [1.29, 1.82) is 0 Å². The number of halogens is 1. The summed E-state index contributed by atoms with van der Waals surface area (Å²) in [5, 5.41) is 0. The molecule has 2 aromatic carbocycles. The summed E-state index contributed by atoms with van der Waals surface area (Å²) in [6.07, 6.45) is 0. The van der Waals surface area contributed by atoms with Gasteiger partial charge in [0.1, 0.15) is 0 Å². The van der Waals surface area contributed by atoms with Crippen LogP contribution >= 0.6 is 27.7 Å². The van der Waals surface area contributed by atoms with E-state index in [-0.39, 0.29) is 6.04 Å². The average Bonchev–Trinajstić information content (AvgIpc) is 2.31. The number of rotatable bonds is 3. The highest BCUT2D eigenvalue weighted by Gasteiger charge is 2.06. The number of benzene rings is 2. The fourth-order valence-corrected chi connectivity index (χ4v) is 3.27. The highest BCUT2D eigenvalue weighted by atomic mass is 79.9. The summed E-state index contributed by atoms with van der Waals surface area (Å²) >= 11 is 5.38. The van der Waals surface area contributed by atoms with E-state index in [0.29, 0.717) is 0 Å². The topological polar surface area (TPSA) is 26.0 Å². The third-order valence-electron chi connectivity index (χ3n) is 2.70. The van der Waals surface area contributed by atoms with Gasteiger partial charge in [-0.2, -0.15) is 0 Å². The summed E-state index contributed by atoms with van der Waals surface area (Å²) < 4.78 is 1.10. The number of aryl methyl sites for hydroxylation is 1. The standard InChI is InChI=1S/C15H16BrNS/c1-10-4-3-5-13(8-10)18-15-7-6-12(11(2)17)9-14(15)16/h3-9,11H,17H2,1-2H3/t11-/m0/s1. The van der Waals surface area contributed by atoms with Crippen molar-refractivity contribution in [3.05, 3.63) is 58.1 Å². The van der Waals surface area contributed by atoms with Crippen molar-refractivity contribution >= 4 is 27.7 Å². The SMILES string of the molecule is Cc1cccc(Sc2ccc([C@H](C)N)cc2Br)c1. The Kier molecular flexibility index (Phi) is 4.49. The third kappa shape index (κ3) is 3.37. The van der Waals surface area contributed by atoms with Crippen LogP contribution in [-0.4, -0.2) is 0 Å². The highest BCUT2D eigenvalue weighted by Crippen LogP contribution is 2.34. The first-order valence-electron chi connectivity index (χ1n) is 5.86. The average molecular weight is 322 g/mol. The van der Waals surface area contributed by atoms with Crippen LogP contribution in [0.5, 0.6) is 0 Å². The van der Waals surface area contributed by atoms with E-state index in [1.807, 2.05) is 6.92 Å². The van der Waals surface area contributed by atoms with Gasteiger partial charge >= 0.3 is 0 Å². The molecular weight excluding hydrogens is 306 g/mol. The normalized spacial score (nSPS) is 12.4. The maximum Gasteiger partial charge on any atom is 0.0318 e. The second kappa shape index (κ2) is 5.91. The summed E-state index contributed by atoms with van der Waals surface area (Å²) in [5.41, 5.74) is 8.31. The number of nitrogens with two attached hydrogens (primary N) is 1. The maximum absolute atomic E-state index is 5.88. The van der Waals surface area contributed by atoms with Gasteiger partial charge in [0.25, 0.3) is 0 Å². The maximum atomic E-state index is 5.88. The van der Waals surface area contributed by atoms with E-state index in [1.165, 1.54) is 15.4 Å². The fourth-order valence-electron chi connectivity index (χ4n) is 1.69. The number of hydrogen-bond acceptors (Lipinski definition) is 2. The predicted octanol–water partition coefficient (Wildman–Crippen LogP) is 4.93. The van der Waals surface area contributed by atoms with Crippen molar-refractivity contribution in [3.8, 4) is 0 Å². The molecule has 2 rings (SSSR count). The van der Waals surface area contributed by atoms with Gasteiger partial charge in [0.05, 0.1) is 0 Å². The molecule has 0 bridgehead atoms. The Hall–Kier alpha value is -0.770. The van der Waals surface area contributed by atoms with Gasteiger partial charge in [-0.1, -0.05) is 35.5 Å². The van der Waals surface area contributed by atoms with Crippen LogP contribution in [0, 0.1) is 6.92 Å². The van der Waals surface area contributed by atoms with Gasteiger partial charge in [0, 0.05) is 20.3 Å². The lowest BCUT2D eigenvalue weighted by molar-refractivity contribution is 0.815. The van der Waals surface area contributed by atoms with Crippen LogP contribution in [-0.2, 0) is 0 Å². The Morgan fingerprint density at radius 3 is 2.56 bits per heavy atom. The van der Waals surface area contributed by atoms with E-state index in [4.69, 9.17) is 5.73 Å². The van der Waals surface area contributed by atoms with Crippen molar-refractivity contribution in [2.75, 3.05) is 0 Å². The van der Waals surface area contributed by atoms with Gasteiger partial charge in [0.2, 0.25) is 0 Å². The molecule has 0 aliphatic heterocycles. The summed E-state index contributed by atoms with van der Waals surface area (Å²) in [6, 6.07) is 14.9. The van der Waals surface area contributed by atoms with Crippen LogP contribution < -0.4 is 5.73 Å². The van der Waals surface area contributed by atoms with Gasteiger partial charge in [-0.05, 0) is 59.6 Å². The lowest BCUT2D eigenvalue weighted by atomic mass is 10.1. The van der Waals surface area contributed by atoms with Crippen molar-refractivity contribution in [2.24, 2.45) is 5.73 Å². The van der Waals surface area contributed by atoms with Gasteiger partial charge < -0.3 is 5.73 Å². The molecule has 94 valence electrons. The Balaban J connectivity index is 2.24. The summed E-state index contributed by atoms with van der Waals surface area (Å²) in [7, 11) is 0. The molecule has 1 nitrogen and oxygen atoms in total. The molecular formula is C15H16BrNS. The quantitative estimate of drug-likeness (QED) is 0.867. The van der Waals surface area contributed by atoms with Crippen LogP contribution in [0.15, 0.2) is 56.7 Å². The molecule has 0 aromatic heterocycles. The summed E-state index contributed by atoms with van der Waals surface area (Å²) in [5.74, 6) is 0. The van der Waals surface area contributed by atoms with Gasteiger partial charge in [-0.3, -0.25) is 0 Å². The predicted molar refractivity (Wildman–Crippen MR) is 82.0 cm³/mol. The largest absolute Gasteiger partial charge is 0.324 e.